The molecule has 0 saturated heterocycles. The van der Waals surface area contributed by atoms with Crippen LogP contribution in [-0.4, -0.2) is 6.54 Å². The molecule has 1 aromatic carbocycles. The lowest BCUT2D eigenvalue weighted by Crippen LogP contribution is -2.14. The Labute approximate surface area is 92.7 Å². The van der Waals surface area contributed by atoms with Crippen molar-refractivity contribution in [3.05, 3.63) is 35.4 Å². The molecule has 1 aromatic rings. The summed E-state index contributed by atoms with van der Waals surface area (Å²) in [6.07, 6.45) is 3.49. The standard InChI is InChI=1S/C13H22N2/c1-2-11(9-14)3-4-12-5-7-13(10-15)8-6-12/h5-8,11H,2-4,9-10,14-15H2,1H3. The summed E-state index contributed by atoms with van der Waals surface area (Å²) in [5, 5.41) is 0. The first-order valence-electron chi connectivity index (χ1n) is 5.78. The predicted molar refractivity (Wildman–Crippen MR) is 65.5 cm³/mol. The van der Waals surface area contributed by atoms with Gasteiger partial charge in [0.15, 0.2) is 0 Å². The van der Waals surface area contributed by atoms with Gasteiger partial charge in [0.25, 0.3) is 0 Å². The van der Waals surface area contributed by atoms with Gasteiger partial charge in [-0.1, -0.05) is 37.6 Å². The van der Waals surface area contributed by atoms with Crippen molar-refractivity contribution < 1.29 is 0 Å². The molecule has 0 amide bonds. The minimum Gasteiger partial charge on any atom is -0.330 e. The maximum atomic E-state index is 5.68. The lowest BCUT2D eigenvalue weighted by molar-refractivity contribution is 0.482. The van der Waals surface area contributed by atoms with E-state index in [4.69, 9.17) is 11.5 Å². The fourth-order valence-corrected chi connectivity index (χ4v) is 1.70. The van der Waals surface area contributed by atoms with Crippen LogP contribution in [0.2, 0.25) is 0 Å². The van der Waals surface area contributed by atoms with E-state index < -0.39 is 0 Å². The molecule has 0 aliphatic rings. The largest absolute Gasteiger partial charge is 0.330 e. The molecule has 0 heterocycles. The van der Waals surface area contributed by atoms with Crippen LogP contribution < -0.4 is 11.5 Å². The monoisotopic (exact) mass is 206 g/mol. The van der Waals surface area contributed by atoms with Gasteiger partial charge in [0.05, 0.1) is 0 Å². The molecule has 0 fully saturated rings. The van der Waals surface area contributed by atoms with Gasteiger partial charge in [-0.3, -0.25) is 0 Å². The summed E-state index contributed by atoms with van der Waals surface area (Å²) < 4.78 is 0. The molecule has 0 spiro atoms. The second kappa shape index (κ2) is 6.59. The van der Waals surface area contributed by atoms with Crippen LogP contribution >= 0.6 is 0 Å². The molecule has 0 aromatic heterocycles. The van der Waals surface area contributed by atoms with Crippen molar-refractivity contribution >= 4 is 0 Å². The second-order valence-corrected chi connectivity index (χ2v) is 4.07. The van der Waals surface area contributed by atoms with Crippen LogP contribution in [0.1, 0.15) is 30.9 Å². The summed E-state index contributed by atoms with van der Waals surface area (Å²) in [6.45, 7) is 3.63. The third-order valence-electron chi connectivity index (χ3n) is 3.01. The van der Waals surface area contributed by atoms with Crippen molar-refractivity contribution in [1.82, 2.24) is 0 Å². The summed E-state index contributed by atoms with van der Waals surface area (Å²) in [6, 6.07) is 8.56. The molecule has 0 aliphatic heterocycles. The Morgan fingerprint density at radius 2 is 1.67 bits per heavy atom. The van der Waals surface area contributed by atoms with Gasteiger partial charge in [0.1, 0.15) is 0 Å². The number of aryl methyl sites for hydroxylation is 1. The fourth-order valence-electron chi connectivity index (χ4n) is 1.70. The van der Waals surface area contributed by atoms with E-state index >= 15 is 0 Å². The van der Waals surface area contributed by atoms with Gasteiger partial charge < -0.3 is 11.5 Å². The van der Waals surface area contributed by atoms with Crippen LogP contribution in [0.4, 0.5) is 0 Å². The highest BCUT2D eigenvalue weighted by Crippen LogP contribution is 2.12. The minimum atomic E-state index is 0.626. The number of benzene rings is 1. The van der Waals surface area contributed by atoms with E-state index in [1.54, 1.807) is 0 Å². The molecule has 1 rings (SSSR count). The molecule has 1 unspecified atom stereocenters. The van der Waals surface area contributed by atoms with Gasteiger partial charge in [0, 0.05) is 6.54 Å². The molecular formula is C13H22N2. The van der Waals surface area contributed by atoms with Crippen molar-refractivity contribution in [2.24, 2.45) is 17.4 Å². The van der Waals surface area contributed by atoms with E-state index in [0.29, 0.717) is 12.5 Å². The predicted octanol–water partition coefficient (Wildman–Crippen LogP) is 2.06. The Kier molecular flexibility index (Phi) is 5.37. The summed E-state index contributed by atoms with van der Waals surface area (Å²) in [4.78, 5) is 0. The van der Waals surface area contributed by atoms with Crippen molar-refractivity contribution in [3.8, 4) is 0 Å². The van der Waals surface area contributed by atoms with Crippen LogP contribution in [0, 0.1) is 5.92 Å². The highest BCUT2D eigenvalue weighted by molar-refractivity contribution is 5.22. The van der Waals surface area contributed by atoms with E-state index in [9.17, 15) is 0 Å². The molecule has 0 bridgehead atoms. The van der Waals surface area contributed by atoms with E-state index in [1.165, 1.54) is 24.0 Å². The van der Waals surface area contributed by atoms with Crippen molar-refractivity contribution in [2.45, 2.75) is 32.7 Å². The number of hydrogen-bond acceptors (Lipinski definition) is 2. The molecule has 0 radical (unpaired) electrons. The van der Waals surface area contributed by atoms with E-state index in [-0.39, 0.29) is 0 Å². The maximum absolute atomic E-state index is 5.68. The highest BCUT2D eigenvalue weighted by atomic mass is 14.5. The minimum absolute atomic E-state index is 0.626. The second-order valence-electron chi connectivity index (χ2n) is 4.07. The molecule has 15 heavy (non-hydrogen) atoms. The third-order valence-corrected chi connectivity index (χ3v) is 3.01. The lowest BCUT2D eigenvalue weighted by atomic mass is 9.97. The molecule has 1 atom stereocenters. The lowest BCUT2D eigenvalue weighted by Gasteiger charge is -2.11. The highest BCUT2D eigenvalue weighted by Gasteiger charge is 2.03. The van der Waals surface area contributed by atoms with Crippen LogP contribution in [0.5, 0.6) is 0 Å². The SMILES string of the molecule is CCC(CN)CCc1ccc(CN)cc1. The smallest absolute Gasteiger partial charge is 0.0178 e. The van der Waals surface area contributed by atoms with E-state index in [0.717, 1.165) is 13.0 Å². The molecular weight excluding hydrogens is 184 g/mol. The van der Waals surface area contributed by atoms with Crippen LogP contribution in [-0.2, 0) is 13.0 Å². The zero-order chi connectivity index (χ0) is 11.1. The van der Waals surface area contributed by atoms with Gasteiger partial charge in [-0.15, -0.1) is 0 Å². The fraction of sp³-hybridized carbons (Fsp3) is 0.538. The summed E-state index contributed by atoms with van der Waals surface area (Å²) in [7, 11) is 0. The number of nitrogens with two attached hydrogens (primary N) is 2. The average Bonchev–Trinajstić information content (AvgIpc) is 2.31. The van der Waals surface area contributed by atoms with E-state index in [1.807, 2.05) is 0 Å². The first kappa shape index (κ1) is 12.2. The van der Waals surface area contributed by atoms with Gasteiger partial charge >= 0.3 is 0 Å². The Morgan fingerprint density at radius 1 is 1.07 bits per heavy atom. The first-order valence-corrected chi connectivity index (χ1v) is 5.78. The maximum Gasteiger partial charge on any atom is 0.0178 e. The van der Waals surface area contributed by atoms with Gasteiger partial charge in [-0.25, -0.2) is 0 Å². The zero-order valence-electron chi connectivity index (χ0n) is 9.58. The van der Waals surface area contributed by atoms with E-state index in [2.05, 4.69) is 31.2 Å². The quantitative estimate of drug-likeness (QED) is 0.748. The normalized spacial score (nSPS) is 12.7. The molecule has 2 heteroatoms. The third kappa shape index (κ3) is 4.02. The average molecular weight is 206 g/mol. The Morgan fingerprint density at radius 3 is 2.13 bits per heavy atom. The summed E-state index contributed by atoms with van der Waals surface area (Å²) in [5.41, 5.74) is 13.8. The van der Waals surface area contributed by atoms with Gasteiger partial charge in [-0.2, -0.15) is 0 Å². The molecule has 4 N–H and O–H groups in total. The van der Waals surface area contributed by atoms with Crippen LogP contribution in [0.15, 0.2) is 24.3 Å². The zero-order valence-corrected chi connectivity index (χ0v) is 9.58. The van der Waals surface area contributed by atoms with Gasteiger partial charge in [0.2, 0.25) is 0 Å². The molecule has 0 saturated carbocycles. The summed E-state index contributed by atoms with van der Waals surface area (Å²) >= 11 is 0. The number of rotatable bonds is 6. The van der Waals surface area contributed by atoms with Crippen LogP contribution in [0.3, 0.4) is 0 Å². The molecule has 0 aliphatic carbocycles. The topological polar surface area (TPSA) is 52.0 Å². The Hall–Kier alpha value is -0.860. The molecule has 84 valence electrons. The van der Waals surface area contributed by atoms with Crippen LogP contribution in [0.25, 0.3) is 0 Å². The summed E-state index contributed by atoms with van der Waals surface area (Å²) in [5.74, 6) is 0.666. The molecule has 2 nitrogen and oxygen atoms in total. The Balaban J connectivity index is 2.43. The van der Waals surface area contributed by atoms with Crippen molar-refractivity contribution in [3.63, 3.8) is 0 Å². The van der Waals surface area contributed by atoms with Crippen molar-refractivity contribution in [2.75, 3.05) is 6.54 Å². The Bertz CT molecular complexity index is 262. The number of hydrogen-bond donors (Lipinski definition) is 2. The van der Waals surface area contributed by atoms with Crippen molar-refractivity contribution in [1.29, 1.82) is 0 Å². The van der Waals surface area contributed by atoms with Gasteiger partial charge in [-0.05, 0) is 36.4 Å². The first-order chi connectivity index (χ1) is 7.30.